The maximum Gasteiger partial charge on any atom is 0.289 e. The molecule has 0 aliphatic carbocycles. The average Bonchev–Trinajstić information content (AvgIpc) is 3.35. The molecule has 4 rings (SSSR count). The first kappa shape index (κ1) is 23.4. The first-order valence-corrected chi connectivity index (χ1v) is 10.4. The van der Waals surface area contributed by atoms with Crippen LogP contribution >= 0.6 is 24.0 Å². The molecule has 0 bridgehead atoms. The molecule has 2 aliphatic heterocycles. The molecule has 31 heavy (non-hydrogen) atoms. The Kier molecular flexibility index (Phi) is 8.59. The van der Waals surface area contributed by atoms with E-state index in [0.29, 0.717) is 25.4 Å². The molecule has 2 aliphatic rings. The fourth-order valence-electron chi connectivity index (χ4n) is 3.84. The van der Waals surface area contributed by atoms with Crippen molar-refractivity contribution < 1.29 is 13.9 Å². The van der Waals surface area contributed by atoms with E-state index in [1.54, 1.807) is 19.2 Å². The average molecular weight is 539 g/mol. The smallest absolute Gasteiger partial charge is 0.289 e. The van der Waals surface area contributed by atoms with E-state index in [2.05, 4.69) is 44.4 Å². The molecular weight excluding hydrogens is 509 g/mol. The van der Waals surface area contributed by atoms with Crippen molar-refractivity contribution >= 4 is 41.5 Å². The second-order valence-corrected chi connectivity index (χ2v) is 7.42. The van der Waals surface area contributed by atoms with Gasteiger partial charge in [0.15, 0.2) is 11.7 Å². The Bertz CT molecular complexity index is 843. The summed E-state index contributed by atoms with van der Waals surface area (Å²) in [6, 6.07) is 12.1. The molecular formula is C22H30IN5O3. The van der Waals surface area contributed by atoms with Crippen LogP contribution in [0.5, 0.6) is 0 Å². The Hall–Kier alpha value is -2.27. The number of anilines is 1. The van der Waals surface area contributed by atoms with Gasteiger partial charge in [0.2, 0.25) is 0 Å². The van der Waals surface area contributed by atoms with Crippen molar-refractivity contribution in [2.24, 2.45) is 4.99 Å². The number of piperazine rings is 1. The van der Waals surface area contributed by atoms with Crippen molar-refractivity contribution in [3.63, 3.8) is 0 Å². The van der Waals surface area contributed by atoms with Crippen LogP contribution in [0.3, 0.4) is 0 Å². The van der Waals surface area contributed by atoms with Gasteiger partial charge in [-0.05, 0) is 29.8 Å². The number of furan rings is 1. The number of nitrogens with zero attached hydrogens (tertiary/aromatic N) is 4. The lowest BCUT2D eigenvalue weighted by Crippen LogP contribution is -2.53. The van der Waals surface area contributed by atoms with Crippen LogP contribution in [0.15, 0.2) is 52.1 Å². The third kappa shape index (κ3) is 5.91. The van der Waals surface area contributed by atoms with E-state index < -0.39 is 0 Å². The van der Waals surface area contributed by atoms with Gasteiger partial charge < -0.3 is 29.2 Å². The molecule has 0 unspecified atom stereocenters. The predicted octanol–water partition coefficient (Wildman–Crippen LogP) is 2.27. The number of benzene rings is 1. The summed E-state index contributed by atoms with van der Waals surface area (Å²) in [7, 11) is 1.80. The van der Waals surface area contributed by atoms with Gasteiger partial charge in [0.05, 0.1) is 19.5 Å². The molecule has 1 aromatic heterocycles. The number of carbonyl (C=O) groups is 1. The zero-order valence-corrected chi connectivity index (χ0v) is 20.2. The van der Waals surface area contributed by atoms with Gasteiger partial charge in [0, 0.05) is 58.5 Å². The van der Waals surface area contributed by atoms with E-state index in [0.717, 1.165) is 45.4 Å². The summed E-state index contributed by atoms with van der Waals surface area (Å²) in [5.74, 6) is 1.20. The first-order valence-electron chi connectivity index (χ1n) is 10.4. The molecule has 1 amide bonds. The summed E-state index contributed by atoms with van der Waals surface area (Å²) < 4.78 is 10.7. The van der Waals surface area contributed by atoms with E-state index in [4.69, 9.17) is 9.15 Å². The van der Waals surface area contributed by atoms with Gasteiger partial charge in [-0.3, -0.25) is 9.79 Å². The highest BCUT2D eigenvalue weighted by Crippen LogP contribution is 2.17. The summed E-state index contributed by atoms with van der Waals surface area (Å²) in [5.41, 5.74) is 2.45. The van der Waals surface area contributed by atoms with Gasteiger partial charge >= 0.3 is 0 Å². The lowest BCUT2D eigenvalue weighted by atomic mass is 10.2. The molecule has 0 atom stereocenters. The fourth-order valence-corrected chi connectivity index (χ4v) is 3.84. The molecule has 3 heterocycles. The standard InChI is InChI=1S/C22H29N5O3.HI/c1-23-22(27-10-8-26(9-11-27)21(28)20-3-2-14-30-20)24-17-18-4-6-19(7-5-18)25-12-15-29-16-13-25;/h2-7,14H,8-13,15-17H2,1H3,(H,23,24);1H. The fraction of sp³-hybridized carbons (Fsp3) is 0.455. The van der Waals surface area contributed by atoms with E-state index >= 15 is 0 Å². The molecule has 0 radical (unpaired) electrons. The normalized spacial score (nSPS) is 17.3. The van der Waals surface area contributed by atoms with Crippen LogP contribution < -0.4 is 10.2 Å². The second kappa shape index (κ2) is 11.4. The van der Waals surface area contributed by atoms with E-state index in [1.165, 1.54) is 17.5 Å². The predicted molar refractivity (Wildman–Crippen MR) is 131 cm³/mol. The van der Waals surface area contributed by atoms with Gasteiger partial charge in [-0.25, -0.2) is 0 Å². The molecule has 168 valence electrons. The number of ether oxygens (including phenoxy) is 1. The highest BCUT2D eigenvalue weighted by atomic mass is 127. The van der Waals surface area contributed by atoms with Gasteiger partial charge in [-0.2, -0.15) is 0 Å². The van der Waals surface area contributed by atoms with Crippen LogP contribution in [0.4, 0.5) is 5.69 Å². The Morgan fingerprint density at radius 2 is 1.68 bits per heavy atom. The van der Waals surface area contributed by atoms with Gasteiger partial charge in [-0.15, -0.1) is 24.0 Å². The Balaban J connectivity index is 0.00000272. The lowest BCUT2D eigenvalue weighted by Gasteiger charge is -2.36. The Labute approximate surface area is 200 Å². The number of hydrogen-bond donors (Lipinski definition) is 1. The molecule has 2 saturated heterocycles. The SMILES string of the molecule is CN=C(NCc1ccc(N2CCOCC2)cc1)N1CCN(C(=O)c2ccco2)CC1.I. The van der Waals surface area contributed by atoms with Crippen molar-refractivity contribution in [1.29, 1.82) is 0 Å². The second-order valence-electron chi connectivity index (χ2n) is 7.42. The van der Waals surface area contributed by atoms with Gasteiger partial charge in [0.25, 0.3) is 5.91 Å². The monoisotopic (exact) mass is 539 g/mol. The molecule has 0 spiro atoms. The van der Waals surface area contributed by atoms with Crippen LogP contribution in [-0.4, -0.2) is 81.2 Å². The largest absolute Gasteiger partial charge is 0.459 e. The zero-order valence-electron chi connectivity index (χ0n) is 17.8. The minimum Gasteiger partial charge on any atom is -0.459 e. The quantitative estimate of drug-likeness (QED) is 0.365. The van der Waals surface area contributed by atoms with Gasteiger partial charge in [0.1, 0.15) is 0 Å². The summed E-state index contributed by atoms with van der Waals surface area (Å²) in [4.78, 5) is 23.2. The summed E-state index contributed by atoms with van der Waals surface area (Å²) in [5, 5.41) is 3.45. The van der Waals surface area contributed by atoms with Crippen LogP contribution in [0, 0.1) is 0 Å². The third-order valence-electron chi connectivity index (χ3n) is 5.57. The van der Waals surface area contributed by atoms with Crippen molar-refractivity contribution in [2.75, 3.05) is 64.4 Å². The van der Waals surface area contributed by atoms with Crippen LogP contribution in [0.2, 0.25) is 0 Å². The topological polar surface area (TPSA) is 73.6 Å². The van der Waals surface area contributed by atoms with E-state index in [1.807, 2.05) is 4.90 Å². The number of hydrogen-bond acceptors (Lipinski definition) is 5. The number of carbonyl (C=O) groups excluding carboxylic acids is 1. The Morgan fingerprint density at radius 3 is 2.29 bits per heavy atom. The van der Waals surface area contributed by atoms with Gasteiger partial charge in [-0.1, -0.05) is 12.1 Å². The molecule has 0 saturated carbocycles. The highest BCUT2D eigenvalue weighted by molar-refractivity contribution is 14.0. The summed E-state index contributed by atoms with van der Waals surface area (Å²) in [6.07, 6.45) is 1.53. The number of rotatable bonds is 4. The lowest BCUT2D eigenvalue weighted by molar-refractivity contribution is 0.0657. The van der Waals surface area contributed by atoms with E-state index in [9.17, 15) is 4.79 Å². The molecule has 9 heteroatoms. The molecule has 2 aromatic rings. The summed E-state index contributed by atoms with van der Waals surface area (Å²) >= 11 is 0. The molecule has 1 aromatic carbocycles. The minimum atomic E-state index is -0.0528. The number of guanidine groups is 1. The van der Waals surface area contributed by atoms with Crippen molar-refractivity contribution in [1.82, 2.24) is 15.1 Å². The van der Waals surface area contributed by atoms with Crippen molar-refractivity contribution in [2.45, 2.75) is 6.54 Å². The number of morpholine rings is 1. The molecule has 1 N–H and O–H groups in total. The third-order valence-corrected chi connectivity index (χ3v) is 5.57. The zero-order chi connectivity index (χ0) is 20.8. The number of amides is 1. The number of nitrogens with one attached hydrogen (secondary N) is 1. The maximum absolute atomic E-state index is 12.4. The van der Waals surface area contributed by atoms with E-state index in [-0.39, 0.29) is 29.9 Å². The maximum atomic E-state index is 12.4. The Morgan fingerprint density at radius 1 is 1.00 bits per heavy atom. The highest BCUT2D eigenvalue weighted by Gasteiger charge is 2.25. The minimum absolute atomic E-state index is 0. The van der Waals surface area contributed by atoms with Crippen LogP contribution in [-0.2, 0) is 11.3 Å². The van der Waals surface area contributed by atoms with Crippen molar-refractivity contribution in [3.8, 4) is 0 Å². The van der Waals surface area contributed by atoms with Crippen LogP contribution in [0.1, 0.15) is 16.1 Å². The number of aliphatic imine (C=N–C) groups is 1. The van der Waals surface area contributed by atoms with Crippen molar-refractivity contribution in [3.05, 3.63) is 54.0 Å². The van der Waals surface area contributed by atoms with Crippen LogP contribution in [0.25, 0.3) is 0 Å². The molecule has 2 fully saturated rings. The summed E-state index contributed by atoms with van der Waals surface area (Å²) in [6.45, 7) is 6.95. The molecule has 8 nitrogen and oxygen atoms in total. The number of halogens is 1. The first-order chi connectivity index (χ1) is 14.7.